The third-order valence-corrected chi connectivity index (χ3v) is 5.84. The first-order chi connectivity index (χ1) is 14.3. The minimum Gasteiger partial charge on any atom is -0.490 e. The van der Waals surface area contributed by atoms with Crippen LogP contribution < -0.4 is 20.1 Å². The van der Waals surface area contributed by atoms with Gasteiger partial charge in [-0.3, -0.25) is 0 Å². The number of pyridine rings is 1. The molecule has 1 aromatic heterocycles. The molecule has 2 heterocycles. The number of para-hydroxylation sites is 2. The lowest BCUT2D eigenvalue weighted by Gasteiger charge is -2.14. The maximum Gasteiger partial charge on any atom is 0.219 e. The third kappa shape index (κ3) is 6.85. The molecule has 2 aromatic rings. The summed E-state index contributed by atoms with van der Waals surface area (Å²) >= 11 is 2.04. The molecule has 6 nitrogen and oxygen atoms in total. The molecule has 0 bridgehead atoms. The molecular weight excluding hydrogens is 384 g/mol. The summed E-state index contributed by atoms with van der Waals surface area (Å²) in [5, 5.41) is 7.46. The highest BCUT2D eigenvalue weighted by Gasteiger charge is 2.15. The molecule has 7 heteroatoms. The number of hydrogen-bond donors (Lipinski definition) is 2. The normalized spacial score (nSPS) is 16.5. The monoisotopic (exact) mass is 414 g/mol. The number of rotatable bonds is 9. The highest BCUT2D eigenvalue weighted by atomic mass is 32.2. The second-order valence-corrected chi connectivity index (χ2v) is 8.11. The minimum atomic E-state index is 0.535. The molecule has 3 rings (SSSR count). The third-order valence-electron chi connectivity index (χ3n) is 4.45. The van der Waals surface area contributed by atoms with Crippen molar-refractivity contribution < 1.29 is 9.47 Å². The predicted molar refractivity (Wildman–Crippen MR) is 120 cm³/mol. The van der Waals surface area contributed by atoms with E-state index in [1.165, 1.54) is 18.6 Å². The van der Waals surface area contributed by atoms with Crippen LogP contribution in [0.2, 0.25) is 0 Å². The molecule has 1 aliphatic heterocycles. The molecule has 156 valence electrons. The lowest BCUT2D eigenvalue weighted by atomic mass is 10.2. The molecule has 0 radical (unpaired) electrons. The van der Waals surface area contributed by atoms with Gasteiger partial charge >= 0.3 is 0 Å². The number of aromatic nitrogens is 1. The summed E-state index contributed by atoms with van der Waals surface area (Å²) < 4.78 is 11.5. The van der Waals surface area contributed by atoms with Gasteiger partial charge in [0.15, 0.2) is 17.5 Å². The topological polar surface area (TPSA) is 67.8 Å². The van der Waals surface area contributed by atoms with E-state index in [2.05, 4.69) is 27.5 Å². The van der Waals surface area contributed by atoms with Crippen molar-refractivity contribution in [1.82, 2.24) is 15.6 Å². The highest BCUT2D eigenvalue weighted by Crippen LogP contribution is 2.30. The molecule has 1 aromatic carbocycles. The van der Waals surface area contributed by atoms with E-state index in [9.17, 15) is 0 Å². The van der Waals surface area contributed by atoms with Crippen LogP contribution in [0, 0.1) is 0 Å². The van der Waals surface area contributed by atoms with Crippen LogP contribution in [-0.2, 0) is 6.54 Å². The number of nitrogens with one attached hydrogen (secondary N) is 2. The second kappa shape index (κ2) is 11.6. The van der Waals surface area contributed by atoms with E-state index < -0.39 is 0 Å². The van der Waals surface area contributed by atoms with Crippen molar-refractivity contribution in [1.29, 1.82) is 0 Å². The Morgan fingerprint density at radius 3 is 2.72 bits per heavy atom. The molecule has 1 fully saturated rings. The van der Waals surface area contributed by atoms with Crippen molar-refractivity contribution >= 4 is 17.7 Å². The van der Waals surface area contributed by atoms with Gasteiger partial charge in [0, 0.05) is 30.6 Å². The van der Waals surface area contributed by atoms with E-state index in [0.717, 1.165) is 24.6 Å². The molecule has 0 aliphatic carbocycles. The molecule has 1 unspecified atom stereocenters. The zero-order chi connectivity index (χ0) is 20.3. The van der Waals surface area contributed by atoms with Crippen molar-refractivity contribution in [3.05, 3.63) is 48.2 Å². The Labute approximate surface area is 177 Å². The van der Waals surface area contributed by atoms with Crippen molar-refractivity contribution in [3.63, 3.8) is 0 Å². The Bertz CT molecular complexity index is 777. The fourth-order valence-corrected chi connectivity index (χ4v) is 4.22. The summed E-state index contributed by atoms with van der Waals surface area (Å²) in [6.45, 7) is 6.99. The number of guanidine groups is 1. The average molecular weight is 415 g/mol. The van der Waals surface area contributed by atoms with Gasteiger partial charge in [-0.1, -0.05) is 18.2 Å². The Morgan fingerprint density at radius 1 is 1.17 bits per heavy atom. The van der Waals surface area contributed by atoms with Crippen LogP contribution >= 0.6 is 11.8 Å². The first-order valence-electron chi connectivity index (χ1n) is 10.3. The minimum absolute atomic E-state index is 0.535. The van der Waals surface area contributed by atoms with Gasteiger partial charge in [-0.15, -0.1) is 0 Å². The maximum atomic E-state index is 5.88. The van der Waals surface area contributed by atoms with Crippen LogP contribution in [0.3, 0.4) is 0 Å². The fourth-order valence-electron chi connectivity index (χ4n) is 3.01. The molecule has 0 amide bonds. The van der Waals surface area contributed by atoms with Gasteiger partial charge in [-0.2, -0.15) is 11.8 Å². The van der Waals surface area contributed by atoms with Crippen LogP contribution in [0.25, 0.3) is 0 Å². The average Bonchev–Trinajstić information content (AvgIpc) is 3.26. The number of nitrogens with zero attached hydrogens (tertiary/aromatic N) is 2. The predicted octanol–water partition coefficient (Wildman–Crippen LogP) is 4.22. The smallest absolute Gasteiger partial charge is 0.219 e. The van der Waals surface area contributed by atoms with Gasteiger partial charge in [0.25, 0.3) is 0 Å². The summed E-state index contributed by atoms with van der Waals surface area (Å²) in [4.78, 5) is 9.10. The molecule has 0 saturated carbocycles. The largest absolute Gasteiger partial charge is 0.490 e. The van der Waals surface area contributed by atoms with E-state index in [0.29, 0.717) is 35.8 Å². The van der Waals surface area contributed by atoms with Gasteiger partial charge in [0.1, 0.15) is 0 Å². The van der Waals surface area contributed by atoms with E-state index in [1.54, 1.807) is 6.20 Å². The van der Waals surface area contributed by atoms with Crippen LogP contribution in [0.1, 0.15) is 32.3 Å². The van der Waals surface area contributed by atoms with Gasteiger partial charge in [0.2, 0.25) is 5.88 Å². The summed E-state index contributed by atoms with van der Waals surface area (Å²) in [5.41, 5.74) is 1.03. The van der Waals surface area contributed by atoms with Gasteiger partial charge < -0.3 is 20.1 Å². The zero-order valence-electron chi connectivity index (χ0n) is 17.2. The summed E-state index contributed by atoms with van der Waals surface area (Å²) in [5.74, 6) is 4.04. The molecule has 1 atom stereocenters. The summed E-state index contributed by atoms with van der Waals surface area (Å²) in [6.07, 6.45) is 4.41. The zero-order valence-corrected chi connectivity index (χ0v) is 18.0. The first-order valence-corrected chi connectivity index (χ1v) is 11.3. The summed E-state index contributed by atoms with van der Waals surface area (Å²) in [6, 6.07) is 11.5. The lowest BCUT2D eigenvalue weighted by Crippen LogP contribution is -2.40. The Morgan fingerprint density at radius 2 is 2.03 bits per heavy atom. The number of ether oxygens (including phenoxy) is 2. The molecular formula is C22H30N4O2S. The van der Waals surface area contributed by atoms with Crippen LogP contribution in [-0.4, -0.2) is 41.6 Å². The summed E-state index contributed by atoms with van der Waals surface area (Å²) in [7, 11) is 0. The molecule has 0 spiro atoms. The van der Waals surface area contributed by atoms with Gasteiger partial charge in [0.05, 0.1) is 13.2 Å². The van der Waals surface area contributed by atoms with E-state index >= 15 is 0 Å². The van der Waals surface area contributed by atoms with Crippen molar-refractivity contribution in [2.45, 2.75) is 38.5 Å². The van der Waals surface area contributed by atoms with Crippen molar-refractivity contribution in [2.24, 2.45) is 4.99 Å². The van der Waals surface area contributed by atoms with Crippen LogP contribution in [0.4, 0.5) is 0 Å². The van der Waals surface area contributed by atoms with Gasteiger partial charge in [-0.25, -0.2) is 9.98 Å². The molecule has 1 saturated heterocycles. The maximum absolute atomic E-state index is 5.88. The number of aliphatic imine (C=N–C) groups is 1. The Balaban J connectivity index is 1.56. The second-order valence-electron chi connectivity index (χ2n) is 6.70. The molecule has 2 N–H and O–H groups in total. The Hall–Kier alpha value is -2.41. The lowest BCUT2D eigenvalue weighted by molar-refractivity contribution is 0.319. The van der Waals surface area contributed by atoms with Gasteiger partial charge in [-0.05, 0) is 50.1 Å². The van der Waals surface area contributed by atoms with E-state index in [4.69, 9.17) is 9.47 Å². The fraction of sp³-hybridized carbons (Fsp3) is 0.455. The number of thioether (sulfide) groups is 1. The SMILES string of the molecule is CCNC(=NCc1ccc(Oc2ccccc2OCC)nc1)NCC1CCCS1. The van der Waals surface area contributed by atoms with Crippen molar-refractivity contribution in [2.75, 3.05) is 25.4 Å². The number of hydrogen-bond acceptors (Lipinski definition) is 5. The standard InChI is InChI=1S/C22H30N4O2S/c1-3-23-22(26-16-18-8-7-13-29-18)25-15-17-11-12-21(24-14-17)28-20-10-6-5-9-19(20)27-4-2/h5-6,9-12,14,18H,3-4,7-8,13,15-16H2,1-2H3,(H2,23,25,26). The van der Waals surface area contributed by atoms with E-state index in [1.807, 2.05) is 55.1 Å². The molecule has 29 heavy (non-hydrogen) atoms. The van der Waals surface area contributed by atoms with E-state index in [-0.39, 0.29) is 0 Å². The number of benzene rings is 1. The highest BCUT2D eigenvalue weighted by molar-refractivity contribution is 8.00. The van der Waals surface area contributed by atoms with Crippen LogP contribution in [0.5, 0.6) is 17.4 Å². The van der Waals surface area contributed by atoms with Crippen LogP contribution in [0.15, 0.2) is 47.6 Å². The van der Waals surface area contributed by atoms with Crippen molar-refractivity contribution in [3.8, 4) is 17.4 Å². The Kier molecular flexibility index (Phi) is 8.49. The quantitative estimate of drug-likeness (QED) is 0.473. The first kappa shape index (κ1) is 21.3. The molecule has 1 aliphatic rings.